The molecule has 98 valence electrons. The van der Waals surface area contributed by atoms with Crippen LogP contribution in [0.2, 0.25) is 0 Å². The van der Waals surface area contributed by atoms with Gasteiger partial charge in [0.2, 0.25) is 0 Å². The average molecular weight is 264 g/mol. The summed E-state index contributed by atoms with van der Waals surface area (Å²) in [5.41, 5.74) is 1.10. The van der Waals surface area contributed by atoms with Gasteiger partial charge < -0.3 is 10.1 Å². The minimum Gasteiger partial charge on any atom is -0.380 e. The zero-order chi connectivity index (χ0) is 13.0. The number of likely N-dealkylation sites (N-methyl/N-ethyl adjacent to an activating group) is 1. The normalized spacial score (nSPS) is 14.8. The van der Waals surface area contributed by atoms with Gasteiger partial charge in [0.25, 0.3) is 0 Å². The Morgan fingerprint density at radius 1 is 1.39 bits per heavy atom. The lowest BCUT2D eigenvalue weighted by Gasteiger charge is -2.22. The summed E-state index contributed by atoms with van der Waals surface area (Å²) in [4.78, 5) is 4.67. The molecule has 0 aliphatic carbocycles. The molecular weight excluding hydrogens is 244 g/mol. The second-order valence-corrected chi connectivity index (χ2v) is 5.50. The number of nitrogens with one attached hydrogen (secondary N) is 1. The molecule has 1 aromatic heterocycles. The van der Waals surface area contributed by atoms with E-state index < -0.39 is 0 Å². The van der Waals surface area contributed by atoms with E-state index in [0.717, 1.165) is 18.5 Å². The summed E-state index contributed by atoms with van der Waals surface area (Å²) in [6.45, 7) is 5.16. The first-order valence-electron chi connectivity index (χ1n) is 6.35. The number of fused-ring (bicyclic) bond motifs is 1. The number of benzene rings is 1. The van der Waals surface area contributed by atoms with Crippen LogP contribution in [0.4, 0.5) is 0 Å². The van der Waals surface area contributed by atoms with Crippen molar-refractivity contribution in [2.24, 2.45) is 0 Å². The van der Waals surface area contributed by atoms with Crippen molar-refractivity contribution in [3.63, 3.8) is 0 Å². The summed E-state index contributed by atoms with van der Waals surface area (Å²) in [5.74, 6) is 0. The van der Waals surface area contributed by atoms with Crippen molar-refractivity contribution in [2.75, 3.05) is 13.7 Å². The third-order valence-electron chi connectivity index (χ3n) is 3.14. The number of methoxy groups -OCH3 is 1. The van der Waals surface area contributed by atoms with Gasteiger partial charge in [0.1, 0.15) is 0 Å². The summed E-state index contributed by atoms with van der Waals surface area (Å²) < 4.78 is 6.68. The molecule has 0 fully saturated rings. The van der Waals surface area contributed by atoms with Crippen molar-refractivity contribution in [3.8, 4) is 0 Å². The Morgan fingerprint density at radius 2 is 2.17 bits per heavy atom. The summed E-state index contributed by atoms with van der Waals surface area (Å²) in [7, 11) is 1.76. The highest BCUT2D eigenvalue weighted by atomic mass is 32.1. The highest BCUT2D eigenvalue weighted by Gasteiger charge is 2.18. The third-order valence-corrected chi connectivity index (χ3v) is 4.20. The van der Waals surface area contributed by atoms with E-state index in [0.29, 0.717) is 6.04 Å². The van der Waals surface area contributed by atoms with Gasteiger partial charge in [0.05, 0.1) is 21.3 Å². The number of ether oxygens (including phenoxy) is 1. The SMILES string of the molecule is CCNC(Cc1nc2ccccc2s1)C(C)OC. The molecule has 0 aliphatic heterocycles. The fourth-order valence-electron chi connectivity index (χ4n) is 2.03. The van der Waals surface area contributed by atoms with Gasteiger partial charge in [-0.15, -0.1) is 11.3 Å². The minimum absolute atomic E-state index is 0.192. The molecule has 0 saturated carbocycles. The number of para-hydroxylation sites is 1. The van der Waals surface area contributed by atoms with Crippen molar-refractivity contribution in [3.05, 3.63) is 29.3 Å². The molecule has 0 spiro atoms. The van der Waals surface area contributed by atoms with Crippen molar-refractivity contribution in [2.45, 2.75) is 32.4 Å². The van der Waals surface area contributed by atoms with Crippen molar-refractivity contribution < 1.29 is 4.74 Å². The van der Waals surface area contributed by atoms with E-state index in [1.165, 1.54) is 9.71 Å². The second kappa shape index (κ2) is 6.27. The molecule has 0 bridgehead atoms. The molecule has 2 unspecified atom stereocenters. The maximum absolute atomic E-state index is 5.43. The first kappa shape index (κ1) is 13.5. The number of hydrogen-bond donors (Lipinski definition) is 1. The van der Waals surface area contributed by atoms with E-state index in [4.69, 9.17) is 4.74 Å². The molecule has 2 aromatic rings. The lowest BCUT2D eigenvalue weighted by atomic mass is 10.1. The van der Waals surface area contributed by atoms with Crippen molar-refractivity contribution in [1.29, 1.82) is 0 Å². The fourth-order valence-corrected chi connectivity index (χ4v) is 3.05. The van der Waals surface area contributed by atoms with E-state index in [1.54, 1.807) is 18.4 Å². The van der Waals surface area contributed by atoms with Gasteiger partial charge in [-0.1, -0.05) is 19.1 Å². The van der Waals surface area contributed by atoms with E-state index in [1.807, 2.05) is 6.07 Å². The number of hydrogen-bond acceptors (Lipinski definition) is 4. The molecule has 4 heteroatoms. The van der Waals surface area contributed by atoms with Gasteiger partial charge in [-0.2, -0.15) is 0 Å². The Kier molecular flexibility index (Phi) is 4.69. The third kappa shape index (κ3) is 3.07. The molecule has 18 heavy (non-hydrogen) atoms. The van der Waals surface area contributed by atoms with E-state index >= 15 is 0 Å². The van der Waals surface area contributed by atoms with Crippen LogP contribution >= 0.6 is 11.3 Å². The van der Waals surface area contributed by atoms with Gasteiger partial charge in [0, 0.05) is 19.6 Å². The van der Waals surface area contributed by atoms with E-state index in [2.05, 4.69) is 42.3 Å². The maximum atomic E-state index is 5.43. The molecule has 0 amide bonds. The molecule has 2 rings (SSSR count). The predicted octanol–water partition coefficient (Wildman–Crippen LogP) is 2.85. The molecule has 0 radical (unpaired) electrons. The van der Waals surface area contributed by atoms with Crippen LogP contribution in [0.1, 0.15) is 18.9 Å². The first-order chi connectivity index (χ1) is 8.74. The Balaban J connectivity index is 2.14. The van der Waals surface area contributed by atoms with Gasteiger partial charge in [-0.25, -0.2) is 4.98 Å². The number of nitrogens with zero attached hydrogens (tertiary/aromatic N) is 1. The van der Waals surface area contributed by atoms with Gasteiger partial charge in [-0.3, -0.25) is 0 Å². The Bertz CT molecular complexity index is 464. The molecular formula is C14H20N2OS. The fraction of sp³-hybridized carbons (Fsp3) is 0.500. The zero-order valence-electron chi connectivity index (χ0n) is 11.1. The predicted molar refractivity (Wildman–Crippen MR) is 77.3 cm³/mol. The largest absolute Gasteiger partial charge is 0.380 e. The monoisotopic (exact) mass is 264 g/mol. The second-order valence-electron chi connectivity index (χ2n) is 4.38. The average Bonchev–Trinajstić information content (AvgIpc) is 2.79. The molecule has 1 aromatic carbocycles. The molecule has 2 atom stereocenters. The standard InChI is InChI=1S/C14H20N2OS/c1-4-15-12(10(2)17-3)9-14-16-11-7-5-6-8-13(11)18-14/h5-8,10,12,15H,4,9H2,1-3H3. The summed E-state index contributed by atoms with van der Waals surface area (Å²) in [6, 6.07) is 8.60. The Hall–Kier alpha value is -0.970. The quantitative estimate of drug-likeness (QED) is 0.871. The smallest absolute Gasteiger partial charge is 0.0955 e. The van der Waals surface area contributed by atoms with Crippen LogP contribution in [-0.4, -0.2) is 30.8 Å². The van der Waals surface area contributed by atoms with Gasteiger partial charge >= 0.3 is 0 Å². The maximum Gasteiger partial charge on any atom is 0.0955 e. The van der Waals surface area contributed by atoms with Crippen LogP contribution in [0.25, 0.3) is 10.2 Å². The lowest BCUT2D eigenvalue weighted by Crippen LogP contribution is -2.40. The number of thiazole rings is 1. The van der Waals surface area contributed by atoms with Crippen molar-refractivity contribution in [1.82, 2.24) is 10.3 Å². The first-order valence-corrected chi connectivity index (χ1v) is 7.17. The van der Waals surface area contributed by atoms with E-state index in [-0.39, 0.29) is 6.10 Å². The molecule has 3 nitrogen and oxygen atoms in total. The van der Waals surface area contributed by atoms with Crippen LogP contribution in [0.15, 0.2) is 24.3 Å². The van der Waals surface area contributed by atoms with Crippen LogP contribution < -0.4 is 5.32 Å². The van der Waals surface area contributed by atoms with E-state index in [9.17, 15) is 0 Å². The minimum atomic E-state index is 0.192. The van der Waals surface area contributed by atoms with Crippen LogP contribution in [-0.2, 0) is 11.2 Å². The van der Waals surface area contributed by atoms with Crippen LogP contribution in [0.3, 0.4) is 0 Å². The molecule has 0 aliphatic rings. The number of rotatable bonds is 6. The highest BCUT2D eigenvalue weighted by molar-refractivity contribution is 7.18. The topological polar surface area (TPSA) is 34.2 Å². The van der Waals surface area contributed by atoms with Crippen LogP contribution in [0.5, 0.6) is 0 Å². The van der Waals surface area contributed by atoms with Gasteiger partial charge in [0.15, 0.2) is 0 Å². The molecule has 1 heterocycles. The van der Waals surface area contributed by atoms with Crippen molar-refractivity contribution >= 4 is 21.6 Å². The summed E-state index contributed by atoms with van der Waals surface area (Å²) in [5, 5.41) is 4.64. The zero-order valence-corrected chi connectivity index (χ0v) is 12.0. The summed E-state index contributed by atoms with van der Waals surface area (Å²) in [6.07, 6.45) is 1.11. The highest BCUT2D eigenvalue weighted by Crippen LogP contribution is 2.23. The lowest BCUT2D eigenvalue weighted by molar-refractivity contribution is 0.0836. The molecule has 0 saturated heterocycles. The Morgan fingerprint density at radius 3 is 2.83 bits per heavy atom. The molecule has 1 N–H and O–H groups in total. The summed E-state index contributed by atoms with van der Waals surface area (Å²) >= 11 is 1.77. The van der Waals surface area contributed by atoms with Gasteiger partial charge in [-0.05, 0) is 25.6 Å². The number of aromatic nitrogens is 1. The van der Waals surface area contributed by atoms with Crippen LogP contribution in [0, 0.1) is 0 Å². The Labute approximate surface area is 112 Å².